The Hall–Kier alpha value is -2.19. The SMILES string of the molecule is CCCC(C)c1cc(-c2ccccc2CN)nc2ccccc12. The molecule has 118 valence electrons. The average Bonchev–Trinajstić information content (AvgIpc) is 2.61. The molecule has 0 bridgehead atoms. The van der Waals surface area contributed by atoms with Crippen molar-refractivity contribution < 1.29 is 0 Å². The molecule has 0 aliphatic heterocycles. The van der Waals surface area contributed by atoms with Gasteiger partial charge in [-0.1, -0.05) is 62.7 Å². The fourth-order valence-corrected chi connectivity index (χ4v) is 3.28. The van der Waals surface area contributed by atoms with Crippen LogP contribution in [0.4, 0.5) is 0 Å². The van der Waals surface area contributed by atoms with Crippen molar-refractivity contribution in [1.82, 2.24) is 4.98 Å². The summed E-state index contributed by atoms with van der Waals surface area (Å²) in [5.41, 5.74) is 11.7. The van der Waals surface area contributed by atoms with Gasteiger partial charge < -0.3 is 5.73 Å². The Balaban J connectivity index is 2.22. The molecule has 0 aliphatic rings. The second-order valence-corrected chi connectivity index (χ2v) is 6.16. The van der Waals surface area contributed by atoms with Gasteiger partial charge in [-0.25, -0.2) is 4.98 Å². The summed E-state index contributed by atoms with van der Waals surface area (Å²) in [4.78, 5) is 4.90. The van der Waals surface area contributed by atoms with E-state index in [9.17, 15) is 0 Å². The van der Waals surface area contributed by atoms with Gasteiger partial charge in [-0.2, -0.15) is 0 Å². The van der Waals surface area contributed by atoms with Crippen LogP contribution in [0.2, 0.25) is 0 Å². The Labute approximate surface area is 138 Å². The largest absolute Gasteiger partial charge is 0.326 e. The molecule has 23 heavy (non-hydrogen) atoms. The van der Waals surface area contributed by atoms with E-state index in [1.807, 2.05) is 6.07 Å². The number of hydrogen-bond acceptors (Lipinski definition) is 2. The van der Waals surface area contributed by atoms with Crippen LogP contribution < -0.4 is 5.73 Å². The molecular weight excluding hydrogens is 280 g/mol. The van der Waals surface area contributed by atoms with E-state index in [2.05, 4.69) is 62.4 Å². The van der Waals surface area contributed by atoms with E-state index in [0.717, 1.165) is 22.3 Å². The summed E-state index contributed by atoms with van der Waals surface area (Å²) < 4.78 is 0. The predicted octanol–water partition coefficient (Wildman–Crippen LogP) is 5.26. The Morgan fingerprint density at radius 1 is 1.04 bits per heavy atom. The maximum absolute atomic E-state index is 5.92. The first-order valence-corrected chi connectivity index (χ1v) is 8.42. The molecule has 1 unspecified atom stereocenters. The van der Waals surface area contributed by atoms with E-state index in [1.165, 1.54) is 23.8 Å². The highest BCUT2D eigenvalue weighted by Gasteiger charge is 2.13. The van der Waals surface area contributed by atoms with E-state index < -0.39 is 0 Å². The standard InChI is InChI=1S/C21H24N2/c1-3-8-15(2)19-13-21(17-10-5-4-9-16(17)14-22)23-20-12-7-6-11-18(19)20/h4-7,9-13,15H,3,8,14,22H2,1-2H3. The van der Waals surface area contributed by atoms with Crippen molar-refractivity contribution in [2.45, 2.75) is 39.2 Å². The number of hydrogen-bond donors (Lipinski definition) is 1. The van der Waals surface area contributed by atoms with E-state index in [1.54, 1.807) is 0 Å². The van der Waals surface area contributed by atoms with Crippen LogP contribution in [0, 0.1) is 0 Å². The number of nitrogens with two attached hydrogens (primary N) is 1. The van der Waals surface area contributed by atoms with Crippen molar-refractivity contribution in [3.63, 3.8) is 0 Å². The second kappa shape index (κ2) is 6.93. The minimum Gasteiger partial charge on any atom is -0.326 e. The van der Waals surface area contributed by atoms with Crippen LogP contribution >= 0.6 is 0 Å². The van der Waals surface area contributed by atoms with Gasteiger partial charge in [-0.15, -0.1) is 0 Å². The molecule has 3 aromatic rings. The van der Waals surface area contributed by atoms with Crippen molar-refractivity contribution in [1.29, 1.82) is 0 Å². The van der Waals surface area contributed by atoms with Crippen molar-refractivity contribution in [3.05, 3.63) is 65.7 Å². The molecule has 1 atom stereocenters. The number of fused-ring (bicyclic) bond motifs is 1. The molecule has 3 rings (SSSR count). The lowest BCUT2D eigenvalue weighted by Crippen LogP contribution is -2.02. The molecule has 2 aromatic carbocycles. The normalized spacial score (nSPS) is 12.5. The third kappa shape index (κ3) is 3.13. The Bertz CT molecular complexity index is 808. The highest BCUT2D eigenvalue weighted by atomic mass is 14.7. The first kappa shape index (κ1) is 15.7. The summed E-state index contributed by atoms with van der Waals surface area (Å²) >= 11 is 0. The zero-order valence-electron chi connectivity index (χ0n) is 13.9. The summed E-state index contributed by atoms with van der Waals surface area (Å²) in [6, 6.07) is 19.0. The fraction of sp³-hybridized carbons (Fsp3) is 0.286. The number of para-hydroxylation sites is 1. The molecular formula is C21H24N2. The molecule has 0 spiro atoms. The summed E-state index contributed by atoms with van der Waals surface area (Å²) in [7, 11) is 0. The molecule has 2 nitrogen and oxygen atoms in total. The van der Waals surface area contributed by atoms with Crippen molar-refractivity contribution in [3.8, 4) is 11.3 Å². The number of rotatable bonds is 5. The van der Waals surface area contributed by atoms with E-state index in [-0.39, 0.29) is 0 Å². The monoisotopic (exact) mass is 304 g/mol. The summed E-state index contributed by atoms with van der Waals surface area (Å²) in [5.74, 6) is 0.525. The third-order valence-electron chi connectivity index (χ3n) is 4.51. The number of benzene rings is 2. The fourth-order valence-electron chi connectivity index (χ4n) is 3.28. The maximum Gasteiger partial charge on any atom is 0.0715 e. The minimum atomic E-state index is 0.525. The van der Waals surface area contributed by atoms with Crippen molar-refractivity contribution in [2.75, 3.05) is 0 Å². The van der Waals surface area contributed by atoms with Gasteiger partial charge >= 0.3 is 0 Å². The highest BCUT2D eigenvalue weighted by molar-refractivity contribution is 5.86. The lowest BCUT2D eigenvalue weighted by Gasteiger charge is -2.16. The molecule has 0 saturated carbocycles. The first-order valence-electron chi connectivity index (χ1n) is 8.42. The lowest BCUT2D eigenvalue weighted by atomic mass is 9.91. The van der Waals surface area contributed by atoms with Crippen LogP contribution in [0.25, 0.3) is 22.2 Å². The van der Waals surface area contributed by atoms with Gasteiger partial charge in [-0.3, -0.25) is 0 Å². The Kier molecular flexibility index (Phi) is 4.73. The van der Waals surface area contributed by atoms with Crippen LogP contribution in [0.3, 0.4) is 0 Å². The minimum absolute atomic E-state index is 0.525. The van der Waals surface area contributed by atoms with E-state index in [0.29, 0.717) is 12.5 Å². The third-order valence-corrected chi connectivity index (χ3v) is 4.51. The predicted molar refractivity (Wildman–Crippen MR) is 98.4 cm³/mol. The average molecular weight is 304 g/mol. The molecule has 1 heterocycles. The molecule has 0 saturated heterocycles. The Morgan fingerprint density at radius 2 is 1.78 bits per heavy atom. The quantitative estimate of drug-likeness (QED) is 0.698. The van der Waals surface area contributed by atoms with Gasteiger partial charge in [-0.05, 0) is 35.6 Å². The van der Waals surface area contributed by atoms with Crippen molar-refractivity contribution >= 4 is 10.9 Å². The maximum atomic E-state index is 5.92. The van der Waals surface area contributed by atoms with Crippen LogP contribution in [-0.4, -0.2) is 4.98 Å². The topological polar surface area (TPSA) is 38.9 Å². The molecule has 0 amide bonds. The van der Waals surface area contributed by atoms with Gasteiger partial charge in [0.15, 0.2) is 0 Å². The van der Waals surface area contributed by atoms with Crippen molar-refractivity contribution in [2.24, 2.45) is 5.73 Å². The van der Waals surface area contributed by atoms with E-state index in [4.69, 9.17) is 10.7 Å². The van der Waals surface area contributed by atoms with Gasteiger partial charge in [0.2, 0.25) is 0 Å². The molecule has 2 heteroatoms. The first-order chi connectivity index (χ1) is 11.2. The molecule has 0 radical (unpaired) electrons. The van der Waals surface area contributed by atoms with Crippen LogP contribution in [-0.2, 0) is 6.54 Å². The molecule has 2 N–H and O–H groups in total. The summed E-state index contributed by atoms with van der Waals surface area (Å²) in [5, 5.41) is 1.27. The molecule has 0 fully saturated rings. The number of pyridine rings is 1. The van der Waals surface area contributed by atoms with Crippen LogP contribution in [0.1, 0.15) is 43.7 Å². The van der Waals surface area contributed by atoms with E-state index >= 15 is 0 Å². The second-order valence-electron chi connectivity index (χ2n) is 6.16. The Morgan fingerprint density at radius 3 is 2.57 bits per heavy atom. The smallest absolute Gasteiger partial charge is 0.0715 e. The van der Waals surface area contributed by atoms with Crippen LogP contribution in [0.5, 0.6) is 0 Å². The summed E-state index contributed by atoms with van der Waals surface area (Å²) in [6.45, 7) is 5.08. The van der Waals surface area contributed by atoms with Gasteiger partial charge in [0.25, 0.3) is 0 Å². The van der Waals surface area contributed by atoms with Crippen LogP contribution in [0.15, 0.2) is 54.6 Å². The van der Waals surface area contributed by atoms with Gasteiger partial charge in [0.05, 0.1) is 11.2 Å². The zero-order valence-corrected chi connectivity index (χ0v) is 13.9. The molecule has 1 aromatic heterocycles. The van der Waals surface area contributed by atoms with Gasteiger partial charge in [0, 0.05) is 17.5 Å². The zero-order chi connectivity index (χ0) is 16.2. The number of nitrogens with zero attached hydrogens (tertiary/aromatic N) is 1. The lowest BCUT2D eigenvalue weighted by molar-refractivity contribution is 0.669. The van der Waals surface area contributed by atoms with Gasteiger partial charge in [0.1, 0.15) is 0 Å². The summed E-state index contributed by atoms with van der Waals surface area (Å²) in [6.07, 6.45) is 2.37. The number of aromatic nitrogens is 1. The highest BCUT2D eigenvalue weighted by Crippen LogP contribution is 2.32. The molecule has 0 aliphatic carbocycles.